The molecular weight excluding hydrogens is 636 g/mol. The van der Waals surface area contributed by atoms with Gasteiger partial charge in [0.1, 0.15) is 4.75 Å². The van der Waals surface area contributed by atoms with Crippen LogP contribution in [0.5, 0.6) is 0 Å². The van der Waals surface area contributed by atoms with Crippen LogP contribution in [0.15, 0.2) is 0 Å². The molecule has 0 heterocycles. The smallest absolute Gasteiger partial charge is 0.870 e. The van der Waals surface area contributed by atoms with E-state index in [4.69, 9.17) is 1.40 Å². The minimum atomic E-state index is -1.15. The molecule has 0 rings (SSSR count). The third-order valence-electron chi connectivity index (χ3n) is 1.28. The standard InChI is InChI=1S/C6H15S.IO.2HI.H2O.Sn/c1-6(2,3)7(4)5;1-2;;;;/h1-5H3;;2*1H;1H2;/q+1;-1;;;;+3/p-3. The summed E-state index contributed by atoms with van der Waals surface area (Å²) in [5.41, 5.74) is 0. The van der Waals surface area contributed by atoms with E-state index in [9.17, 15) is 0 Å². The van der Waals surface area contributed by atoms with Gasteiger partial charge in [-0.15, -0.1) is 0 Å². The van der Waals surface area contributed by atoms with Crippen LogP contribution in [-0.2, 0) is 12.3 Å². The van der Waals surface area contributed by atoms with Crippen LogP contribution in [0, 0.1) is 0 Å². The Morgan fingerprint density at radius 3 is 1.31 bits per heavy atom. The fourth-order valence-corrected chi connectivity index (χ4v) is 0. The topological polar surface area (TPSA) is 39.2 Å². The van der Waals surface area contributed by atoms with Gasteiger partial charge in [0.15, 0.2) is 0 Å². The molecule has 0 aromatic heterocycles. The molecule has 83 valence electrons. The summed E-state index contributed by atoms with van der Waals surface area (Å²) in [6, 6.07) is 0. The van der Waals surface area contributed by atoms with Crippen LogP contribution in [0.4, 0.5) is 0 Å². The maximum Gasteiger partial charge on any atom is -0.870 e. The normalized spacial score (nSPS) is 10.6. The first-order valence-corrected chi connectivity index (χ1v) is 24.0. The maximum absolute atomic E-state index is 4.89. The molecule has 0 spiro atoms. The molecule has 0 aromatic rings. The van der Waals surface area contributed by atoms with E-state index >= 15 is 0 Å². The van der Waals surface area contributed by atoms with Crippen molar-refractivity contribution in [3.63, 3.8) is 0 Å². The second kappa shape index (κ2) is 11.7. The Hall–Kier alpha value is 3.26. The van der Waals surface area contributed by atoms with Crippen molar-refractivity contribution in [3.8, 4) is 0 Å². The summed E-state index contributed by atoms with van der Waals surface area (Å²) < 4.78 is 5.42. The average Bonchev–Trinajstić information content (AvgIpc) is 1.87. The second-order valence-corrected chi connectivity index (χ2v) is 37.8. The van der Waals surface area contributed by atoms with Gasteiger partial charge >= 0.3 is 73.9 Å². The Bertz CT molecular complexity index is 109. The zero-order valence-corrected chi connectivity index (χ0v) is 18.5. The van der Waals surface area contributed by atoms with Crippen LogP contribution < -0.4 is 0 Å². The Morgan fingerprint density at radius 1 is 1.15 bits per heavy atom. The molecule has 13 heavy (non-hydrogen) atoms. The van der Waals surface area contributed by atoms with Crippen molar-refractivity contribution in [3.05, 3.63) is 0 Å². The summed E-state index contributed by atoms with van der Waals surface area (Å²) in [5.74, 6) is 0. The molecule has 0 bridgehead atoms. The van der Waals surface area contributed by atoms with Gasteiger partial charge < -0.3 is 5.48 Å². The Kier molecular flexibility index (Phi) is 19.4. The number of hydrogen-bond donors (Lipinski definition) is 0. The number of hydrogen-bond acceptors (Lipinski definition) is 2. The molecule has 1 N–H and O–H groups in total. The molecule has 0 aliphatic rings. The molecule has 1 radical (unpaired) electrons. The van der Waals surface area contributed by atoms with Crippen LogP contribution in [0.2, 0.25) is 0 Å². The first kappa shape index (κ1) is 21.5. The molecule has 0 aliphatic heterocycles. The van der Waals surface area contributed by atoms with Gasteiger partial charge in [0.05, 0.1) is 12.5 Å². The largest absolute Gasteiger partial charge is 0.870 e. The van der Waals surface area contributed by atoms with Crippen molar-refractivity contribution in [1.82, 2.24) is 0 Å². The van der Waals surface area contributed by atoms with E-state index in [1.54, 1.807) is 0 Å². The minimum Gasteiger partial charge on any atom is -0.870 e. The first-order chi connectivity index (χ1) is 5.21. The van der Waals surface area contributed by atoms with Crippen molar-refractivity contribution in [1.29, 1.82) is 0 Å². The summed E-state index contributed by atoms with van der Waals surface area (Å²) in [5, 5.41) is 0. The van der Waals surface area contributed by atoms with Crippen LogP contribution in [0.3, 0.4) is 0 Å². The molecule has 0 aromatic carbocycles. The molecule has 0 atom stereocenters. The van der Waals surface area contributed by atoms with Gasteiger partial charge in [-0.3, -0.25) is 0 Å². The van der Waals surface area contributed by atoms with Crippen molar-refractivity contribution >= 4 is 83.4 Å². The fraction of sp³-hybridized carbons (Fsp3) is 1.00. The van der Waals surface area contributed by atoms with E-state index in [0.29, 0.717) is 15.6 Å². The first-order valence-electron chi connectivity index (χ1n) is 3.26. The third kappa shape index (κ3) is 21.2. The summed E-state index contributed by atoms with van der Waals surface area (Å²) >= 11 is 5.52. The van der Waals surface area contributed by atoms with Crippen molar-refractivity contribution in [2.45, 2.75) is 25.5 Å². The van der Waals surface area contributed by atoms with E-state index in [1.165, 1.54) is 0 Å². The second-order valence-electron chi connectivity index (χ2n) is 3.23. The van der Waals surface area contributed by atoms with Crippen LogP contribution in [0.1, 0.15) is 20.8 Å². The van der Waals surface area contributed by atoms with Crippen LogP contribution >= 0.6 is 60.3 Å². The molecule has 2 nitrogen and oxygen atoms in total. The van der Waals surface area contributed by atoms with Gasteiger partial charge in [-0.25, -0.2) is 0 Å². The SMILES string of the molecule is C[S+](C)C(C)(C)C.I[O][Sn]([I])[I].[OH-]. The quantitative estimate of drug-likeness (QED) is 0.247. The molecule has 0 amide bonds. The Labute approximate surface area is 126 Å². The zero-order chi connectivity index (χ0) is 10.4. The van der Waals surface area contributed by atoms with Gasteiger partial charge in [-0.05, 0) is 31.7 Å². The van der Waals surface area contributed by atoms with Gasteiger partial charge in [0, 0.05) is 0 Å². The molecule has 0 fully saturated rings. The molecule has 0 saturated heterocycles. The molecule has 0 saturated carbocycles. The van der Waals surface area contributed by atoms with Gasteiger partial charge in [-0.2, -0.15) is 0 Å². The van der Waals surface area contributed by atoms with Gasteiger partial charge in [0.25, 0.3) is 0 Å². The van der Waals surface area contributed by atoms with E-state index in [-0.39, 0.29) is 5.48 Å². The predicted molar refractivity (Wildman–Crippen MR) is 89.8 cm³/mol. The van der Waals surface area contributed by atoms with E-state index in [2.05, 4.69) is 70.5 Å². The van der Waals surface area contributed by atoms with Crippen LogP contribution in [-0.4, -0.2) is 35.0 Å². The maximum atomic E-state index is 4.89. The summed E-state index contributed by atoms with van der Waals surface area (Å²) in [6.07, 6.45) is 4.56. The van der Waals surface area contributed by atoms with E-state index in [0.717, 1.165) is 0 Å². The monoisotopic (exact) mass is 653 g/mol. The average molecular weight is 652 g/mol. The Morgan fingerprint density at radius 2 is 1.31 bits per heavy atom. The number of rotatable bonds is 1. The van der Waals surface area contributed by atoms with Crippen LogP contribution in [0.25, 0.3) is 0 Å². The molecule has 7 heteroatoms. The van der Waals surface area contributed by atoms with Gasteiger partial charge in [-0.1, -0.05) is 0 Å². The summed E-state index contributed by atoms with van der Waals surface area (Å²) in [6.45, 7) is 6.82. The van der Waals surface area contributed by atoms with Crippen molar-refractivity contribution < 1.29 is 6.88 Å². The third-order valence-corrected chi connectivity index (χ3v) is 21.3. The molecular formula is C6H16I3O2SSn. The molecule has 0 aliphatic carbocycles. The van der Waals surface area contributed by atoms with Gasteiger partial charge in [0.2, 0.25) is 0 Å². The van der Waals surface area contributed by atoms with Crippen molar-refractivity contribution in [2.24, 2.45) is 0 Å². The van der Waals surface area contributed by atoms with E-state index < -0.39 is 12.2 Å². The fourth-order valence-electron chi connectivity index (χ4n) is 0. The zero-order valence-electron chi connectivity index (χ0n) is 8.40. The minimum absolute atomic E-state index is 0. The van der Waals surface area contributed by atoms with Crippen molar-refractivity contribution in [2.75, 3.05) is 12.5 Å². The van der Waals surface area contributed by atoms with E-state index in [1.807, 2.05) is 23.0 Å². The summed E-state index contributed by atoms with van der Waals surface area (Å²) in [4.78, 5) is 0. The number of halogens is 3. The summed E-state index contributed by atoms with van der Waals surface area (Å²) in [7, 11) is 0.567. The predicted octanol–water partition coefficient (Wildman–Crippen LogP) is 3.69. The Balaban J connectivity index is -0.000000150. The molecule has 0 unspecified atom stereocenters.